The minimum Gasteiger partial charge on any atom is -0.399 e. The van der Waals surface area contributed by atoms with E-state index in [1.165, 1.54) is 24.0 Å². The van der Waals surface area contributed by atoms with Gasteiger partial charge in [0.25, 0.3) is 5.91 Å². The molecule has 3 aliphatic rings. The van der Waals surface area contributed by atoms with Crippen molar-refractivity contribution in [3.8, 4) is 0 Å². The third-order valence-electron chi connectivity index (χ3n) is 10.4. The third kappa shape index (κ3) is 7.10. The predicted octanol–water partition coefficient (Wildman–Crippen LogP) is 7.40. The number of rotatable bonds is 15. The summed E-state index contributed by atoms with van der Waals surface area (Å²) in [5, 5.41) is 25.8. The minimum absolute atomic E-state index is 0.238. The molecule has 0 radical (unpaired) electrons. The van der Waals surface area contributed by atoms with Crippen LogP contribution in [0, 0.1) is 36.0 Å². The van der Waals surface area contributed by atoms with Crippen LogP contribution in [-0.2, 0) is 18.8 Å². The number of aryl methyl sites for hydroxylation is 3. The van der Waals surface area contributed by atoms with Crippen molar-refractivity contribution in [1.82, 2.24) is 5.32 Å². The van der Waals surface area contributed by atoms with E-state index in [4.69, 9.17) is 17.3 Å². The lowest BCUT2D eigenvalue weighted by atomic mass is 9.83. The van der Waals surface area contributed by atoms with Crippen molar-refractivity contribution < 1.29 is 10.2 Å². The number of nitrogen functional groups attached to an aromatic ring is 1. The molecule has 5 rings (SSSR count). The van der Waals surface area contributed by atoms with Crippen LogP contribution in [0.4, 0.5) is 5.69 Å². The highest BCUT2D eigenvalue weighted by Gasteiger charge is 2.74. The third-order valence-corrected chi connectivity index (χ3v) is 11.0. The summed E-state index contributed by atoms with van der Waals surface area (Å²) in [5.74, 6) is 0.267. The molecule has 2 aromatic carbocycles. The van der Waals surface area contributed by atoms with Gasteiger partial charge in [0, 0.05) is 22.7 Å². The summed E-state index contributed by atoms with van der Waals surface area (Å²) in [6.45, 7) is 6.61. The molecule has 0 spiro atoms. The molecule has 2 saturated carbocycles. The van der Waals surface area contributed by atoms with E-state index >= 15 is 0 Å². The van der Waals surface area contributed by atoms with Gasteiger partial charge in [-0.3, -0.25) is 5.32 Å². The maximum Gasteiger partial charge on any atom is 0.251 e. The number of allylic oxidation sites excluding steroid dienone is 4. The van der Waals surface area contributed by atoms with Crippen LogP contribution in [0.5, 0.6) is 0 Å². The van der Waals surface area contributed by atoms with E-state index in [2.05, 4.69) is 74.7 Å². The zero-order valence-corrected chi connectivity index (χ0v) is 25.8. The summed E-state index contributed by atoms with van der Waals surface area (Å²) in [6, 6.07) is 13.9. The largest absolute Gasteiger partial charge is 0.399 e. The van der Waals surface area contributed by atoms with Crippen molar-refractivity contribution in [2.24, 2.45) is 29.1 Å². The van der Waals surface area contributed by atoms with E-state index in [1.807, 2.05) is 12.1 Å². The lowest BCUT2D eigenvalue weighted by molar-refractivity contribution is -0.202. The minimum atomic E-state index is -2.20. The highest BCUT2D eigenvalue weighted by Crippen LogP contribution is 2.80. The fourth-order valence-corrected chi connectivity index (χ4v) is 7.59. The highest BCUT2D eigenvalue weighted by molar-refractivity contribution is 6.21. The Hall–Kier alpha value is -2.11. The van der Waals surface area contributed by atoms with Crippen molar-refractivity contribution in [2.45, 2.75) is 95.9 Å². The topological polar surface area (TPSA) is 78.5 Å². The molecule has 5 heteroatoms. The Labute approximate surface area is 252 Å². The van der Waals surface area contributed by atoms with Crippen LogP contribution in [0.15, 0.2) is 66.8 Å². The summed E-state index contributed by atoms with van der Waals surface area (Å²) in [6.07, 6.45) is 17.8. The Balaban J connectivity index is 1.24. The lowest BCUT2D eigenvalue weighted by Crippen LogP contribution is -2.52. The number of nitrogens with two attached hydrogens (primary N) is 1. The van der Waals surface area contributed by atoms with Crippen LogP contribution in [-0.4, -0.2) is 21.6 Å². The summed E-state index contributed by atoms with van der Waals surface area (Å²) in [4.78, 5) is 0. The number of aliphatic hydroxyl groups is 2. The molecule has 2 aromatic rings. The summed E-state index contributed by atoms with van der Waals surface area (Å²) in [5.41, 5.74) is 11.6. The molecule has 0 aromatic heterocycles. The van der Waals surface area contributed by atoms with Crippen molar-refractivity contribution in [1.29, 1.82) is 0 Å². The molecule has 3 aliphatic carbocycles. The molecule has 6 atom stereocenters. The van der Waals surface area contributed by atoms with E-state index in [9.17, 15) is 10.2 Å². The van der Waals surface area contributed by atoms with Crippen LogP contribution >= 0.6 is 11.6 Å². The van der Waals surface area contributed by atoms with Crippen molar-refractivity contribution in [3.05, 3.63) is 89.0 Å². The molecular formula is C36H49ClN2O2. The van der Waals surface area contributed by atoms with Gasteiger partial charge in [0.2, 0.25) is 0 Å². The van der Waals surface area contributed by atoms with E-state index < -0.39 is 5.91 Å². The van der Waals surface area contributed by atoms with Crippen LogP contribution in [0.25, 0.3) is 0 Å². The first-order valence-corrected chi connectivity index (χ1v) is 16.2. The Kier molecular flexibility index (Phi) is 9.35. The first-order valence-electron chi connectivity index (χ1n) is 15.8. The zero-order valence-electron chi connectivity index (χ0n) is 25.0. The van der Waals surface area contributed by atoms with Gasteiger partial charge in [0.15, 0.2) is 0 Å². The number of halogens is 1. The fourth-order valence-electron chi connectivity index (χ4n) is 7.27. The maximum absolute atomic E-state index is 11.4. The monoisotopic (exact) mass is 576 g/mol. The van der Waals surface area contributed by atoms with Crippen molar-refractivity contribution in [2.75, 3.05) is 5.73 Å². The molecule has 222 valence electrons. The molecule has 6 unspecified atom stereocenters. The van der Waals surface area contributed by atoms with Crippen molar-refractivity contribution in [3.63, 3.8) is 0 Å². The number of benzene rings is 2. The number of anilines is 1. The predicted molar refractivity (Wildman–Crippen MR) is 170 cm³/mol. The second-order valence-electron chi connectivity index (χ2n) is 13.1. The number of hydrogen-bond acceptors (Lipinski definition) is 4. The molecule has 0 saturated heterocycles. The van der Waals surface area contributed by atoms with Gasteiger partial charge >= 0.3 is 0 Å². The van der Waals surface area contributed by atoms with Crippen LogP contribution in [0.1, 0.15) is 81.0 Å². The quantitative estimate of drug-likeness (QED) is 0.0771. The lowest BCUT2D eigenvalue weighted by Gasteiger charge is -2.35. The normalized spacial score (nSPS) is 27.9. The van der Waals surface area contributed by atoms with Crippen LogP contribution < -0.4 is 11.1 Å². The zero-order chi connectivity index (χ0) is 29.2. The Morgan fingerprint density at radius 1 is 1.05 bits per heavy atom. The van der Waals surface area contributed by atoms with E-state index in [0.29, 0.717) is 16.9 Å². The van der Waals surface area contributed by atoms with Crippen LogP contribution in [0.3, 0.4) is 0 Å². The van der Waals surface area contributed by atoms with Crippen LogP contribution in [0.2, 0.25) is 0 Å². The molecular weight excluding hydrogens is 528 g/mol. The highest BCUT2D eigenvalue weighted by atomic mass is 35.5. The molecule has 2 fully saturated rings. The standard InChI is InChI=1S/C36H49ClN2O2/c1-4-35(30-23-31(30)35)20-19-28-21-29(17-18-33(28)38)36(40,41)39-34(22-27-11-7-5-9-25(27)3)32(37)12-8-6-10-26-15-13-24(2)14-16-26/h5,7,9,11,13-18,21,25,27,30-32,34,39-41H,4,6,8,10,12,19-20,22-23,38H2,1-3H3. The summed E-state index contributed by atoms with van der Waals surface area (Å²) < 4.78 is 0. The molecule has 5 N–H and O–H groups in total. The molecule has 41 heavy (non-hydrogen) atoms. The first-order chi connectivity index (χ1) is 19.6. The van der Waals surface area contributed by atoms with Gasteiger partial charge in [-0.2, -0.15) is 0 Å². The number of hydrogen-bond donors (Lipinski definition) is 4. The molecule has 0 heterocycles. The number of fused-ring (bicyclic) bond motifs is 1. The molecule has 0 aliphatic heterocycles. The van der Waals surface area contributed by atoms with Gasteiger partial charge in [-0.25, -0.2) is 0 Å². The number of unbranched alkanes of at least 4 members (excludes halogenated alkanes) is 1. The number of nitrogens with one attached hydrogen (secondary N) is 1. The summed E-state index contributed by atoms with van der Waals surface area (Å²) in [7, 11) is 0. The van der Waals surface area contributed by atoms with Gasteiger partial charge in [0.1, 0.15) is 0 Å². The van der Waals surface area contributed by atoms with E-state index in [-0.39, 0.29) is 17.3 Å². The number of alkyl halides is 1. The second-order valence-corrected chi connectivity index (χ2v) is 13.7. The average molecular weight is 577 g/mol. The van der Waals surface area contributed by atoms with Gasteiger partial charge in [-0.15, -0.1) is 11.6 Å². The van der Waals surface area contributed by atoms with E-state index in [0.717, 1.165) is 68.0 Å². The van der Waals surface area contributed by atoms with Gasteiger partial charge < -0.3 is 15.9 Å². The second kappa shape index (κ2) is 12.6. The Morgan fingerprint density at radius 3 is 2.44 bits per heavy atom. The maximum atomic E-state index is 11.4. The van der Waals surface area contributed by atoms with E-state index in [1.54, 1.807) is 6.07 Å². The van der Waals surface area contributed by atoms with Gasteiger partial charge in [-0.1, -0.05) is 80.5 Å². The Morgan fingerprint density at radius 2 is 1.78 bits per heavy atom. The molecule has 0 amide bonds. The summed E-state index contributed by atoms with van der Waals surface area (Å²) >= 11 is 7.06. The van der Waals surface area contributed by atoms with Gasteiger partial charge in [0.05, 0.1) is 0 Å². The average Bonchev–Trinajstić information content (AvgIpc) is 3.87. The first kappa shape index (κ1) is 30.4. The SMILES string of the molecule is CCC1(CCc2cc(C(O)(O)NC(CC3C=CC=CC3C)C(Cl)CCCCc3ccc(C)cc3)ccc2N)C2CC21. The van der Waals surface area contributed by atoms with Crippen molar-refractivity contribution >= 4 is 17.3 Å². The smallest absolute Gasteiger partial charge is 0.251 e. The molecule has 0 bridgehead atoms. The fraction of sp³-hybridized carbons (Fsp3) is 0.556. The molecule has 4 nitrogen and oxygen atoms in total. The van der Waals surface area contributed by atoms with Gasteiger partial charge in [-0.05, 0) is 111 Å². The Bertz CT molecular complexity index is 1230.